The highest BCUT2D eigenvalue weighted by Crippen LogP contribution is 2.19. The highest BCUT2D eigenvalue weighted by Gasteiger charge is 2.10. The number of nitrogens with zero attached hydrogens (tertiary/aromatic N) is 1. The van der Waals surface area contributed by atoms with Crippen molar-refractivity contribution in [2.24, 2.45) is 0 Å². The van der Waals surface area contributed by atoms with Gasteiger partial charge in [0.15, 0.2) is 0 Å². The van der Waals surface area contributed by atoms with Crippen LogP contribution in [0.25, 0.3) is 10.9 Å². The van der Waals surface area contributed by atoms with Crippen LogP contribution in [0.2, 0.25) is 0 Å². The first-order chi connectivity index (χ1) is 11.2. The molecule has 0 radical (unpaired) electrons. The summed E-state index contributed by atoms with van der Waals surface area (Å²) in [6.07, 6.45) is 6.04. The van der Waals surface area contributed by atoms with Gasteiger partial charge in [-0.15, -0.1) is 0 Å². The molecule has 2 heterocycles. The van der Waals surface area contributed by atoms with Gasteiger partial charge in [0, 0.05) is 29.7 Å². The second-order valence-corrected chi connectivity index (χ2v) is 5.76. The lowest BCUT2D eigenvalue weighted by Gasteiger charge is -2.13. The van der Waals surface area contributed by atoms with E-state index in [9.17, 15) is 4.79 Å². The fourth-order valence-electron chi connectivity index (χ4n) is 2.80. The average molecular weight is 307 g/mol. The van der Waals surface area contributed by atoms with Crippen molar-refractivity contribution in [1.29, 1.82) is 0 Å². The Balaban J connectivity index is 1.50. The van der Waals surface area contributed by atoms with Crippen LogP contribution in [0.15, 0.2) is 54.9 Å². The van der Waals surface area contributed by atoms with Crippen LogP contribution in [0.4, 0.5) is 0 Å². The van der Waals surface area contributed by atoms with Crippen molar-refractivity contribution >= 4 is 16.8 Å². The summed E-state index contributed by atoms with van der Waals surface area (Å²) in [7, 11) is 0. The van der Waals surface area contributed by atoms with Crippen molar-refractivity contribution in [1.82, 2.24) is 15.3 Å². The third-order valence-electron chi connectivity index (χ3n) is 4.03. The van der Waals surface area contributed by atoms with Crippen LogP contribution in [0, 0.1) is 0 Å². The van der Waals surface area contributed by atoms with Gasteiger partial charge in [-0.2, -0.15) is 0 Å². The highest BCUT2D eigenvalue weighted by atomic mass is 16.1. The molecule has 0 aliphatic heterocycles. The summed E-state index contributed by atoms with van der Waals surface area (Å²) in [6, 6.07) is 13.9. The number of carbonyl (C=O) groups is 1. The number of pyridine rings is 1. The Labute approximate surface area is 136 Å². The number of fused-ring (bicyclic) bond motifs is 1. The first kappa shape index (κ1) is 15.3. The van der Waals surface area contributed by atoms with Crippen LogP contribution in [0.5, 0.6) is 0 Å². The van der Waals surface area contributed by atoms with E-state index in [1.54, 1.807) is 6.20 Å². The van der Waals surface area contributed by atoms with Crippen molar-refractivity contribution in [3.05, 3.63) is 66.1 Å². The summed E-state index contributed by atoms with van der Waals surface area (Å²) in [5.41, 5.74) is 3.30. The van der Waals surface area contributed by atoms with Gasteiger partial charge in [-0.05, 0) is 43.5 Å². The summed E-state index contributed by atoms with van der Waals surface area (Å²) >= 11 is 0. The Hall–Kier alpha value is -2.62. The molecule has 3 aromatic rings. The van der Waals surface area contributed by atoms with Crippen LogP contribution < -0.4 is 5.32 Å². The zero-order chi connectivity index (χ0) is 16.1. The molecule has 0 saturated heterocycles. The van der Waals surface area contributed by atoms with Gasteiger partial charge in [-0.3, -0.25) is 9.78 Å². The molecule has 1 atom stereocenters. The second kappa shape index (κ2) is 7.09. The monoisotopic (exact) mass is 307 g/mol. The van der Waals surface area contributed by atoms with Crippen LogP contribution in [0.3, 0.4) is 0 Å². The third kappa shape index (κ3) is 3.77. The molecule has 1 aromatic carbocycles. The Kier molecular flexibility index (Phi) is 4.71. The smallest absolute Gasteiger partial charge is 0.220 e. The van der Waals surface area contributed by atoms with Gasteiger partial charge in [-0.25, -0.2) is 0 Å². The summed E-state index contributed by atoms with van der Waals surface area (Å²) in [5, 5.41) is 4.25. The van der Waals surface area contributed by atoms with Gasteiger partial charge in [0.25, 0.3) is 0 Å². The molecule has 0 fully saturated rings. The number of hydrogen-bond acceptors (Lipinski definition) is 2. The van der Waals surface area contributed by atoms with E-state index < -0.39 is 0 Å². The lowest BCUT2D eigenvalue weighted by molar-refractivity contribution is -0.121. The number of nitrogens with one attached hydrogen (secondary N) is 2. The van der Waals surface area contributed by atoms with E-state index in [0.717, 1.165) is 24.1 Å². The van der Waals surface area contributed by atoms with Gasteiger partial charge < -0.3 is 10.3 Å². The number of hydrogen-bond donors (Lipinski definition) is 2. The van der Waals surface area contributed by atoms with Crippen molar-refractivity contribution in [2.45, 2.75) is 32.2 Å². The topological polar surface area (TPSA) is 57.8 Å². The molecule has 4 nitrogen and oxygen atoms in total. The maximum atomic E-state index is 12.1. The molecule has 2 N–H and O–H groups in total. The van der Waals surface area contributed by atoms with Crippen LogP contribution >= 0.6 is 0 Å². The second-order valence-electron chi connectivity index (χ2n) is 5.76. The van der Waals surface area contributed by atoms with E-state index >= 15 is 0 Å². The fraction of sp³-hybridized carbons (Fsp3) is 0.263. The summed E-state index contributed by atoms with van der Waals surface area (Å²) < 4.78 is 0. The molecule has 23 heavy (non-hydrogen) atoms. The number of carbonyl (C=O) groups excluding carboxylic acids is 1. The standard InChI is InChI=1S/C19H21N3O/c1-14(17-9-4-5-12-20-17)22-19(23)11-6-7-15-13-21-18-10-3-2-8-16(15)18/h2-5,8-10,12-14,21H,6-7,11H2,1H3,(H,22,23). The molecule has 0 bridgehead atoms. The molecule has 0 aliphatic rings. The summed E-state index contributed by atoms with van der Waals surface area (Å²) in [4.78, 5) is 19.6. The van der Waals surface area contributed by atoms with E-state index in [2.05, 4.69) is 27.4 Å². The average Bonchev–Trinajstić information content (AvgIpc) is 2.99. The van der Waals surface area contributed by atoms with Crippen LogP contribution in [-0.4, -0.2) is 15.9 Å². The molecule has 2 aromatic heterocycles. The number of aryl methyl sites for hydroxylation is 1. The molecule has 3 rings (SSSR count). The van der Waals surface area contributed by atoms with Crippen molar-refractivity contribution < 1.29 is 4.79 Å². The molecule has 0 saturated carbocycles. The quantitative estimate of drug-likeness (QED) is 0.728. The van der Waals surface area contributed by atoms with Crippen molar-refractivity contribution in [3.63, 3.8) is 0 Å². The molecule has 1 amide bonds. The maximum Gasteiger partial charge on any atom is 0.220 e. The minimum atomic E-state index is -0.0585. The predicted octanol–water partition coefficient (Wildman–Crippen LogP) is 3.76. The fourth-order valence-corrected chi connectivity index (χ4v) is 2.80. The molecular weight excluding hydrogens is 286 g/mol. The zero-order valence-electron chi connectivity index (χ0n) is 13.3. The van der Waals surface area contributed by atoms with Crippen molar-refractivity contribution in [3.8, 4) is 0 Å². The van der Waals surface area contributed by atoms with E-state index in [0.29, 0.717) is 6.42 Å². The number of benzene rings is 1. The predicted molar refractivity (Wildman–Crippen MR) is 92.0 cm³/mol. The first-order valence-corrected chi connectivity index (χ1v) is 7.99. The third-order valence-corrected chi connectivity index (χ3v) is 4.03. The molecular formula is C19H21N3O. The van der Waals surface area contributed by atoms with E-state index in [-0.39, 0.29) is 11.9 Å². The lowest BCUT2D eigenvalue weighted by Crippen LogP contribution is -2.26. The van der Waals surface area contributed by atoms with Crippen LogP contribution in [-0.2, 0) is 11.2 Å². The number of rotatable bonds is 6. The zero-order valence-corrected chi connectivity index (χ0v) is 13.3. The molecule has 1 unspecified atom stereocenters. The lowest BCUT2D eigenvalue weighted by atomic mass is 10.1. The minimum Gasteiger partial charge on any atom is -0.361 e. The maximum absolute atomic E-state index is 12.1. The Morgan fingerprint density at radius 3 is 2.87 bits per heavy atom. The number of aromatic nitrogens is 2. The largest absolute Gasteiger partial charge is 0.361 e. The SMILES string of the molecule is CC(NC(=O)CCCc1c[nH]c2ccccc12)c1ccccn1. The molecule has 118 valence electrons. The van der Waals surface area contributed by atoms with Crippen LogP contribution in [0.1, 0.15) is 37.1 Å². The molecule has 0 spiro atoms. The summed E-state index contributed by atoms with van der Waals surface area (Å²) in [5.74, 6) is 0.0722. The normalized spacial score (nSPS) is 12.2. The number of para-hydroxylation sites is 1. The number of H-pyrrole nitrogens is 1. The van der Waals surface area contributed by atoms with E-state index in [4.69, 9.17) is 0 Å². The molecule has 4 heteroatoms. The Morgan fingerprint density at radius 1 is 1.22 bits per heavy atom. The van der Waals surface area contributed by atoms with Gasteiger partial charge in [0.1, 0.15) is 0 Å². The van der Waals surface area contributed by atoms with Gasteiger partial charge in [0.2, 0.25) is 5.91 Å². The number of aromatic amines is 1. The summed E-state index contributed by atoms with van der Waals surface area (Å²) in [6.45, 7) is 1.96. The van der Waals surface area contributed by atoms with Crippen molar-refractivity contribution in [2.75, 3.05) is 0 Å². The Bertz CT molecular complexity index is 779. The Morgan fingerprint density at radius 2 is 2.04 bits per heavy atom. The van der Waals surface area contributed by atoms with E-state index in [1.807, 2.05) is 43.5 Å². The van der Waals surface area contributed by atoms with E-state index in [1.165, 1.54) is 10.9 Å². The van der Waals surface area contributed by atoms with Gasteiger partial charge in [0.05, 0.1) is 11.7 Å². The minimum absolute atomic E-state index is 0.0585. The van der Waals surface area contributed by atoms with Gasteiger partial charge in [-0.1, -0.05) is 24.3 Å². The number of amides is 1. The highest BCUT2D eigenvalue weighted by molar-refractivity contribution is 5.83. The first-order valence-electron chi connectivity index (χ1n) is 7.99. The molecule has 0 aliphatic carbocycles. The van der Waals surface area contributed by atoms with Gasteiger partial charge >= 0.3 is 0 Å².